The van der Waals surface area contributed by atoms with Crippen molar-refractivity contribution in [2.75, 3.05) is 24.5 Å². The van der Waals surface area contributed by atoms with Crippen LogP contribution in [0.5, 0.6) is 0 Å². The van der Waals surface area contributed by atoms with Crippen molar-refractivity contribution < 1.29 is 14.0 Å². The molecule has 3 heterocycles. The molecule has 4 nitrogen and oxygen atoms in total. The van der Waals surface area contributed by atoms with Crippen LogP contribution in [0.4, 0.5) is 10.1 Å². The van der Waals surface area contributed by atoms with Crippen LogP contribution in [0.15, 0.2) is 16.8 Å². The molecule has 1 aliphatic carbocycles. The van der Waals surface area contributed by atoms with Gasteiger partial charge in [0.2, 0.25) is 11.8 Å². The van der Waals surface area contributed by atoms with E-state index in [2.05, 4.69) is 0 Å². The SMILES string of the molecule is O=C(C1CC(F)C1)N1CCC2(CC1)CCN(c1ccsc1)C2=O. The summed E-state index contributed by atoms with van der Waals surface area (Å²) in [4.78, 5) is 29.0. The molecular formula is C17H21FN2O2S. The first kappa shape index (κ1) is 15.1. The molecule has 0 aromatic carbocycles. The molecule has 1 saturated carbocycles. The Bertz CT molecular complexity index is 604. The number of nitrogens with zero attached hydrogens (tertiary/aromatic N) is 2. The molecule has 4 rings (SSSR count). The number of hydrogen-bond acceptors (Lipinski definition) is 3. The van der Waals surface area contributed by atoms with Crippen LogP contribution in [0.2, 0.25) is 0 Å². The summed E-state index contributed by atoms with van der Waals surface area (Å²) in [5, 5.41) is 4.01. The average Bonchev–Trinajstić information content (AvgIpc) is 3.15. The van der Waals surface area contributed by atoms with Crippen LogP contribution in [0.3, 0.4) is 0 Å². The summed E-state index contributed by atoms with van der Waals surface area (Å²) in [6.07, 6.45) is 2.32. The Morgan fingerprint density at radius 1 is 1.22 bits per heavy atom. The predicted octanol–water partition coefficient (Wildman–Crippen LogP) is 2.84. The zero-order valence-electron chi connectivity index (χ0n) is 13.0. The third-order valence-electron chi connectivity index (χ3n) is 5.79. The number of alkyl halides is 1. The van der Waals surface area contributed by atoms with E-state index in [1.165, 1.54) is 0 Å². The fourth-order valence-corrected chi connectivity index (χ4v) is 4.75. The maximum Gasteiger partial charge on any atom is 0.233 e. The predicted molar refractivity (Wildman–Crippen MR) is 87.2 cm³/mol. The molecular weight excluding hydrogens is 315 g/mol. The summed E-state index contributed by atoms with van der Waals surface area (Å²) in [5.41, 5.74) is 0.708. The third kappa shape index (κ3) is 2.47. The Hall–Kier alpha value is -1.43. The van der Waals surface area contributed by atoms with Crippen LogP contribution in [0.25, 0.3) is 0 Å². The fourth-order valence-electron chi connectivity index (χ4n) is 4.11. The summed E-state index contributed by atoms with van der Waals surface area (Å²) in [7, 11) is 0. The topological polar surface area (TPSA) is 40.6 Å². The van der Waals surface area contributed by atoms with Crippen molar-refractivity contribution in [3.63, 3.8) is 0 Å². The molecule has 23 heavy (non-hydrogen) atoms. The summed E-state index contributed by atoms with van der Waals surface area (Å²) >= 11 is 1.60. The molecule has 124 valence electrons. The largest absolute Gasteiger partial charge is 0.342 e. The van der Waals surface area contributed by atoms with Gasteiger partial charge < -0.3 is 9.80 Å². The first-order valence-electron chi connectivity index (χ1n) is 8.36. The summed E-state index contributed by atoms with van der Waals surface area (Å²) < 4.78 is 12.9. The zero-order valence-corrected chi connectivity index (χ0v) is 13.9. The second-order valence-corrected chi connectivity index (χ2v) is 7.84. The molecule has 1 aromatic rings. The fraction of sp³-hybridized carbons (Fsp3) is 0.647. The van der Waals surface area contributed by atoms with Crippen molar-refractivity contribution in [1.29, 1.82) is 0 Å². The lowest BCUT2D eigenvalue weighted by Crippen LogP contribution is -2.50. The quantitative estimate of drug-likeness (QED) is 0.833. The van der Waals surface area contributed by atoms with Crippen molar-refractivity contribution in [3.05, 3.63) is 16.8 Å². The molecule has 2 aliphatic heterocycles. The molecule has 1 spiro atoms. The normalized spacial score (nSPS) is 29.9. The van der Waals surface area contributed by atoms with Gasteiger partial charge >= 0.3 is 0 Å². The number of carbonyl (C=O) groups excluding carboxylic acids is 2. The Balaban J connectivity index is 1.39. The monoisotopic (exact) mass is 336 g/mol. The second-order valence-electron chi connectivity index (χ2n) is 7.06. The van der Waals surface area contributed by atoms with Gasteiger partial charge in [-0.2, -0.15) is 11.3 Å². The number of anilines is 1. The van der Waals surface area contributed by atoms with Crippen LogP contribution < -0.4 is 4.90 Å². The number of likely N-dealkylation sites (tertiary alicyclic amines) is 1. The van der Waals surface area contributed by atoms with Gasteiger partial charge in [-0.25, -0.2) is 4.39 Å². The van der Waals surface area contributed by atoms with Gasteiger partial charge in [0.05, 0.1) is 11.1 Å². The highest BCUT2D eigenvalue weighted by molar-refractivity contribution is 7.08. The Labute approximate surface area is 139 Å². The minimum atomic E-state index is -0.796. The summed E-state index contributed by atoms with van der Waals surface area (Å²) in [5.74, 6) is 0.185. The van der Waals surface area contributed by atoms with Crippen molar-refractivity contribution in [1.82, 2.24) is 4.90 Å². The number of piperidine rings is 1. The van der Waals surface area contributed by atoms with E-state index in [1.807, 2.05) is 26.6 Å². The highest BCUT2D eigenvalue weighted by Crippen LogP contribution is 2.44. The van der Waals surface area contributed by atoms with E-state index in [0.29, 0.717) is 25.9 Å². The first-order valence-corrected chi connectivity index (χ1v) is 9.30. The molecule has 1 aromatic heterocycles. The van der Waals surface area contributed by atoms with Gasteiger partial charge in [0.15, 0.2) is 0 Å². The number of amides is 2. The molecule has 0 radical (unpaired) electrons. The van der Waals surface area contributed by atoms with Crippen LogP contribution in [0, 0.1) is 11.3 Å². The molecule has 0 bridgehead atoms. The van der Waals surface area contributed by atoms with Gasteiger partial charge in [0.1, 0.15) is 6.17 Å². The molecule has 0 atom stereocenters. The minimum Gasteiger partial charge on any atom is -0.342 e. The summed E-state index contributed by atoms with van der Waals surface area (Å²) in [6.45, 7) is 2.04. The van der Waals surface area contributed by atoms with Crippen LogP contribution in [-0.2, 0) is 9.59 Å². The molecule has 3 fully saturated rings. The van der Waals surface area contributed by atoms with Crippen molar-refractivity contribution >= 4 is 28.8 Å². The summed E-state index contributed by atoms with van der Waals surface area (Å²) in [6, 6.07) is 1.99. The number of halogens is 1. The molecule has 0 N–H and O–H groups in total. The van der Waals surface area contributed by atoms with E-state index in [0.717, 1.165) is 31.5 Å². The number of rotatable bonds is 2. The van der Waals surface area contributed by atoms with Gasteiger partial charge in [-0.05, 0) is 43.6 Å². The number of hydrogen-bond donors (Lipinski definition) is 0. The lowest BCUT2D eigenvalue weighted by Gasteiger charge is -2.41. The lowest BCUT2D eigenvalue weighted by molar-refractivity contribution is -0.145. The second kappa shape index (κ2) is 5.58. The van der Waals surface area contributed by atoms with Crippen molar-refractivity contribution in [2.24, 2.45) is 11.3 Å². The van der Waals surface area contributed by atoms with Crippen molar-refractivity contribution in [3.8, 4) is 0 Å². The van der Waals surface area contributed by atoms with E-state index >= 15 is 0 Å². The van der Waals surface area contributed by atoms with Gasteiger partial charge in [-0.15, -0.1) is 0 Å². The Kier molecular flexibility index (Phi) is 3.67. The highest BCUT2D eigenvalue weighted by Gasteiger charge is 2.49. The van der Waals surface area contributed by atoms with Crippen LogP contribution in [0.1, 0.15) is 32.1 Å². The van der Waals surface area contributed by atoms with Crippen molar-refractivity contribution in [2.45, 2.75) is 38.3 Å². The first-order chi connectivity index (χ1) is 11.1. The smallest absolute Gasteiger partial charge is 0.233 e. The maximum atomic E-state index is 12.9. The molecule has 2 amide bonds. The standard InChI is InChI=1S/C17H21FN2O2S/c18-13-9-12(10-13)15(21)19-5-2-17(3-6-19)4-7-20(16(17)22)14-1-8-23-11-14/h1,8,11-13H,2-7,9-10H2. The molecule has 0 unspecified atom stereocenters. The van der Waals surface area contributed by atoms with E-state index in [4.69, 9.17) is 0 Å². The van der Waals surface area contributed by atoms with E-state index < -0.39 is 6.17 Å². The number of carbonyl (C=O) groups is 2. The van der Waals surface area contributed by atoms with E-state index in [9.17, 15) is 14.0 Å². The maximum absolute atomic E-state index is 12.9. The van der Waals surface area contributed by atoms with E-state index in [1.54, 1.807) is 11.3 Å². The van der Waals surface area contributed by atoms with Gasteiger partial charge in [0.25, 0.3) is 0 Å². The molecule has 3 aliphatic rings. The Morgan fingerprint density at radius 2 is 1.91 bits per heavy atom. The van der Waals surface area contributed by atoms with Gasteiger partial charge in [-0.1, -0.05) is 0 Å². The van der Waals surface area contributed by atoms with Crippen LogP contribution in [-0.4, -0.2) is 42.5 Å². The van der Waals surface area contributed by atoms with E-state index in [-0.39, 0.29) is 23.1 Å². The zero-order chi connectivity index (χ0) is 16.0. The van der Waals surface area contributed by atoms with Gasteiger partial charge in [0, 0.05) is 30.9 Å². The lowest BCUT2D eigenvalue weighted by atomic mass is 9.76. The third-order valence-corrected chi connectivity index (χ3v) is 6.46. The average molecular weight is 336 g/mol. The molecule has 6 heteroatoms. The highest BCUT2D eigenvalue weighted by atomic mass is 32.1. The van der Waals surface area contributed by atoms with Gasteiger partial charge in [-0.3, -0.25) is 9.59 Å². The minimum absolute atomic E-state index is 0.0916. The Morgan fingerprint density at radius 3 is 2.52 bits per heavy atom. The number of thiophene rings is 1. The van der Waals surface area contributed by atoms with Crippen LogP contribution >= 0.6 is 11.3 Å². The molecule has 2 saturated heterocycles.